The standard InChI is InChI=1S/C35H48ClN3O6S/c1-22-6-5-8-31(35-44-20-29(37)21-45-35)30-13-10-26(30)18-39-15-4-3-7-24-16-28(36)12-9-27(24)19-43-33-14-11-25(17-32(33)39)34(40)38-46(41,42)23(22)2/h9,11-12,14,16-17,22-23,26,29-31,35H,3-8,10,13,15,18-21,37H2,1-2H3,(H,38,40)/t22-,23+,26-,29?,30+,31+,35?/m0/s1. The highest BCUT2D eigenvalue weighted by Crippen LogP contribution is 2.46. The second-order valence-electron chi connectivity index (χ2n) is 13.8. The predicted octanol–water partition coefficient (Wildman–Crippen LogP) is 5.67. The van der Waals surface area contributed by atoms with Gasteiger partial charge in [0.15, 0.2) is 6.29 Å². The monoisotopic (exact) mass is 673 g/mol. The van der Waals surface area contributed by atoms with Crippen molar-refractivity contribution in [2.45, 2.75) is 89.4 Å². The first-order valence-corrected chi connectivity index (χ1v) is 18.9. The zero-order valence-corrected chi connectivity index (χ0v) is 28.5. The molecule has 46 heavy (non-hydrogen) atoms. The Morgan fingerprint density at radius 2 is 1.74 bits per heavy atom. The lowest BCUT2D eigenvalue weighted by Crippen LogP contribution is -2.50. The fraction of sp³-hybridized carbons (Fsp3) is 0.629. The zero-order chi connectivity index (χ0) is 32.4. The number of halogens is 1. The first kappa shape index (κ1) is 33.5. The molecule has 0 spiro atoms. The molecule has 5 atom stereocenters. The molecule has 11 heteroatoms. The summed E-state index contributed by atoms with van der Waals surface area (Å²) in [6.45, 7) is 6.56. The summed E-state index contributed by atoms with van der Waals surface area (Å²) in [5, 5.41) is -0.0133. The number of aryl methyl sites for hydroxylation is 1. The summed E-state index contributed by atoms with van der Waals surface area (Å²) in [7, 11) is -3.90. The molecule has 1 aliphatic carbocycles. The van der Waals surface area contributed by atoms with E-state index in [-0.39, 0.29) is 24.2 Å². The third-order valence-corrected chi connectivity index (χ3v) is 12.9. The van der Waals surface area contributed by atoms with E-state index in [1.54, 1.807) is 25.1 Å². The SMILES string of the molecule is C[C@@H]1[C@@H](C)CCC[C@@H](C2OCC(N)CO2)[C@@H]2CC[C@H]2CN2CCCCc3cc(Cl)ccc3COc3ccc(cc32)C(=O)NS1(=O)=O. The number of hydrogen-bond acceptors (Lipinski definition) is 8. The number of amides is 1. The van der Waals surface area contributed by atoms with Crippen LogP contribution in [0.1, 0.15) is 80.3 Å². The van der Waals surface area contributed by atoms with Crippen LogP contribution in [0.3, 0.4) is 0 Å². The summed E-state index contributed by atoms with van der Waals surface area (Å²) in [5.74, 6) is 0.947. The van der Waals surface area contributed by atoms with Gasteiger partial charge in [0.2, 0.25) is 10.0 Å². The maximum Gasteiger partial charge on any atom is 0.264 e. The van der Waals surface area contributed by atoms with Crippen LogP contribution < -0.4 is 20.1 Å². The lowest BCUT2D eigenvalue weighted by Gasteiger charge is -2.47. The van der Waals surface area contributed by atoms with E-state index in [0.29, 0.717) is 48.0 Å². The number of carbonyl (C=O) groups excluding carboxylic acids is 1. The number of nitrogens with two attached hydrogens (primary N) is 1. The van der Waals surface area contributed by atoms with Crippen molar-refractivity contribution in [3.63, 3.8) is 0 Å². The number of fused-ring (bicyclic) bond motifs is 3. The van der Waals surface area contributed by atoms with Crippen LogP contribution in [0.4, 0.5) is 5.69 Å². The molecule has 3 heterocycles. The lowest BCUT2D eigenvalue weighted by molar-refractivity contribution is -0.229. The molecule has 3 N–H and O–H groups in total. The molecule has 9 nitrogen and oxygen atoms in total. The second-order valence-corrected chi connectivity index (χ2v) is 16.3. The topological polar surface area (TPSA) is 120 Å². The van der Waals surface area contributed by atoms with E-state index in [2.05, 4.69) is 9.62 Å². The summed E-state index contributed by atoms with van der Waals surface area (Å²) in [4.78, 5) is 15.8. The van der Waals surface area contributed by atoms with Crippen LogP contribution in [-0.4, -0.2) is 58.2 Å². The van der Waals surface area contributed by atoms with E-state index in [0.717, 1.165) is 75.7 Å². The van der Waals surface area contributed by atoms with Gasteiger partial charge < -0.3 is 24.8 Å². The smallest absolute Gasteiger partial charge is 0.264 e. The van der Waals surface area contributed by atoms with Gasteiger partial charge in [-0.3, -0.25) is 4.79 Å². The number of carbonyl (C=O) groups is 1. The van der Waals surface area contributed by atoms with Gasteiger partial charge in [-0.05, 0) is 111 Å². The van der Waals surface area contributed by atoms with Gasteiger partial charge in [-0.25, -0.2) is 13.1 Å². The molecule has 0 aromatic heterocycles. The van der Waals surface area contributed by atoms with Crippen molar-refractivity contribution in [2.24, 2.45) is 29.4 Å². The average Bonchev–Trinajstić information content (AvgIpc) is 3.05. The van der Waals surface area contributed by atoms with Gasteiger partial charge in [0.1, 0.15) is 12.4 Å². The van der Waals surface area contributed by atoms with Crippen LogP contribution >= 0.6 is 11.6 Å². The molecular weight excluding hydrogens is 626 g/mol. The highest BCUT2D eigenvalue weighted by Gasteiger charge is 2.43. The Morgan fingerprint density at radius 3 is 2.50 bits per heavy atom. The number of benzene rings is 2. The maximum atomic E-state index is 13.5. The highest BCUT2D eigenvalue weighted by molar-refractivity contribution is 7.90. The van der Waals surface area contributed by atoms with Crippen molar-refractivity contribution in [1.29, 1.82) is 0 Å². The summed E-state index contributed by atoms with van der Waals surface area (Å²) in [5.41, 5.74) is 9.48. The van der Waals surface area contributed by atoms with Crippen LogP contribution in [0, 0.1) is 23.7 Å². The Kier molecular flexibility index (Phi) is 10.5. The molecule has 0 radical (unpaired) electrons. The lowest BCUT2D eigenvalue weighted by atomic mass is 9.65. The molecule has 0 unspecified atom stereocenters. The van der Waals surface area contributed by atoms with Crippen molar-refractivity contribution in [1.82, 2.24) is 4.72 Å². The number of nitrogens with one attached hydrogen (secondary N) is 1. The van der Waals surface area contributed by atoms with Crippen LogP contribution in [0.25, 0.3) is 0 Å². The molecule has 1 saturated carbocycles. The van der Waals surface area contributed by atoms with Gasteiger partial charge >= 0.3 is 0 Å². The first-order valence-electron chi connectivity index (χ1n) is 16.9. The molecule has 1 amide bonds. The van der Waals surface area contributed by atoms with Gasteiger partial charge in [-0.1, -0.05) is 31.0 Å². The van der Waals surface area contributed by atoms with E-state index < -0.39 is 21.2 Å². The minimum atomic E-state index is -3.90. The van der Waals surface area contributed by atoms with Gasteiger partial charge in [-0.15, -0.1) is 0 Å². The zero-order valence-electron chi connectivity index (χ0n) is 27.0. The number of anilines is 1. The molecule has 3 aliphatic heterocycles. The van der Waals surface area contributed by atoms with Crippen molar-refractivity contribution in [2.75, 3.05) is 31.2 Å². The number of rotatable bonds is 1. The van der Waals surface area contributed by atoms with Crippen LogP contribution in [0.15, 0.2) is 36.4 Å². The first-order chi connectivity index (χ1) is 22.1. The van der Waals surface area contributed by atoms with E-state index in [4.69, 9.17) is 31.5 Å². The molecule has 4 aliphatic rings. The summed E-state index contributed by atoms with van der Waals surface area (Å²) >= 11 is 6.36. The predicted molar refractivity (Wildman–Crippen MR) is 180 cm³/mol. The molecular formula is C35H48ClN3O6S. The van der Waals surface area contributed by atoms with Gasteiger partial charge in [0.05, 0.1) is 30.2 Å². The second kappa shape index (κ2) is 14.4. The van der Waals surface area contributed by atoms with Crippen molar-refractivity contribution in [3.8, 4) is 5.75 Å². The molecule has 2 bridgehead atoms. The van der Waals surface area contributed by atoms with Gasteiger partial charge in [0.25, 0.3) is 5.91 Å². The molecule has 6 rings (SSSR count). The van der Waals surface area contributed by atoms with E-state index in [9.17, 15) is 13.2 Å². The molecule has 1 saturated heterocycles. The van der Waals surface area contributed by atoms with Crippen molar-refractivity contribution >= 4 is 33.2 Å². The Balaban J connectivity index is 1.36. The molecule has 252 valence electrons. The van der Waals surface area contributed by atoms with Gasteiger partial charge in [0, 0.05) is 29.6 Å². The molecule has 2 aromatic rings. The minimum Gasteiger partial charge on any atom is -0.487 e. The normalized spacial score (nSPS) is 32.4. The fourth-order valence-electron chi connectivity index (χ4n) is 7.58. The number of hydrogen-bond donors (Lipinski definition) is 2. The van der Waals surface area contributed by atoms with Gasteiger partial charge in [-0.2, -0.15) is 0 Å². The van der Waals surface area contributed by atoms with E-state index in [1.807, 2.05) is 25.1 Å². The molecule has 2 fully saturated rings. The van der Waals surface area contributed by atoms with Crippen molar-refractivity contribution < 1.29 is 27.4 Å². The van der Waals surface area contributed by atoms with Crippen LogP contribution in [0.2, 0.25) is 5.02 Å². The third-order valence-electron chi connectivity index (χ3n) is 10.7. The summed E-state index contributed by atoms with van der Waals surface area (Å²) < 4.78 is 48.0. The average molecular weight is 674 g/mol. The number of sulfonamides is 1. The largest absolute Gasteiger partial charge is 0.487 e. The summed E-state index contributed by atoms with van der Waals surface area (Å²) in [6, 6.07) is 11.1. The van der Waals surface area contributed by atoms with Crippen molar-refractivity contribution in [3.05, 3.63) is 58.1 Å². The highest BCUT2D eigenvalue weighted by atomic mass is 35.5. The quantitative estimate of drug-likeness (QED) is 0.397. The number of nitrogens with zero attached hydrogens (tertiary/aromatic N) is 1. The van der Waals surface area contributed by atoms with Crippen LogP contribution in [-0.2, 0) is 32.5 Å². The molecule has 2 aromatic carbocycles. The van der Waals surface area contributed by atoms with Crippen LogP contribution in [0.5, 0.6) is 5.75 Å². The number of ether oxygens (including phenoxy) is 3. The third kappa shape index (κ3) is 7.51. The Labute approximate surface area is 278 Å². The Morgan fingerprint density at radius 1 is 0.935 bits per heavy atom. The Hall–Kier alpha value is -2.37. The maximum absolute atomic E-state index is 13.5. The summed E-state index contributed by atoms with van der Waals surface area (Å²) in [6.07, 6.45) is 7.19. The van der Waals surface area contributed by atoms with E-state index in [1.165, 1.54) is 5.56 Å². The fourth-order valence-corrected chi connectivity index (χ4v) is 9.08. The van der Waals surface area contributed by atoms with E-state index >= 15 is 0 Å². The minimum absolute atomic E-state index is 0.119. The Bertz CT molecular complexity index is 1500.